The molecule has 0 atom stereocenters. The molecule has 0 bridgehead atoms. The van der Waals surface area contributed by atoms with Gasteiger partial charge < -0.3 is 10.1 Å². The summed E-state index contributed by atoms with van der Waals surface area (Å²) >= 11 is 1.64. The van der Waals surface area contributed by atoms with Crippen LogP contribution in [0, 0.1) is 12.1 Å². The standard InChI is InChI=1S/C42H39N2OS.Au/c1-40(2,3)30-21-27(20-29(23-30)33-12-11-14-35-37(33)44-36-15-10-9-13-34(36)42(35,7)8)28-22-31(41(4,5)6)25-32(24-28)45-39-38-26(16-18-43-39)17-19-46-38;/h9-19,21-23,25H,1-8H3;/q-3;+3. The minimum absolute atomic E-state index is 0. The molecule has 0 unspecified atom stereocenters. The van der Waals surface area contributed by atoms with E-state index in [-0.39, 0.29) is 38.6 Å². The normalized spacial score (nSPS) is 13.7. The van der Waals surface area contributed by atoms with Crippen LogP contribution in [0.1, 0.15) is 77.6 Å². The third kappa shape index (κ3) is 6.21. The summed E-state index contributed by atoms with van der Waals surface area (Å²) < 4.78 is 7.54. The van der Waals surface area contributed by atoms with Crippen LogP contribution in [0.25, 0.3) is 37.7 Å². The minimum Gasteiger partial charge on any atom is -0.663 e. The SMILES string of the molecule is CC(C)(C)c1cc(Oc2nccc3ccsc23)[c-]c(-c2[c-]c(-c3cccc4c3[N-]c3ccccc3C4(C)C)cc(C(C)(C)C)c2)c1.[Au+3]. The average Bonchev–Trinajstić information content (AvgIpc) is 3.50. The van der Waals surface area contributed by atoms with E-state index in [0.29, 0.717) is 11.6 Å². The largest absolute Gasteiger partial charge is 3.00 e. The molecule has 3 heterocycles. The van der Waals surface area contributed by atoms with E-state index >= 15 is 0 Å². The number of aromatic nitrogens is 1. The first-order chi connectivity index (χ1) is 21.8. The molecule has 0 fully saturated rings. The molecule has 0 N–H and O–H groups in total. The Hall–Kier alpha value is -3.67. The zero-order valence-corrected chi connectivity index (χ0v) is 31.2. The molecule has 1 aliphatic heterocycles. The van der Waals surface area contributed by atoms with Crippen LogP contribution in [0.3, 0.4) is 0 Å². The fraction of sp³-hybridized carbons (Fsp3) is 0.262. The van der Waals surface area contributed by atoms with Crippen LogP contribution in [0.15, 0.2) is 90.4 Å². The van der Waals surface area contributed by atoms with Crippen molar-refractivity contribution in [2.45, 2.75) is 71.6 Å². The molecule has 5 heteroatoms. The summed E-state index contributed by atoms with van der Waals surface area (Å²) in [5.41, 5.74) is 10.6. The van der Waals surface area contributed by atoms with Gasteiger partial charge in [-0.25, -0.2) is 10.5 Å². The number of rotatable bonds is 4. The number of thiophene rings is 1. The van der Waals surface area contributed by atoms with Crippen LogP contribution in [-0.2, 0) is 38.6 Å². The molecule has 0 aliphatic carbocycles. The maximum Gasteiger partial charge on any atom is 3.00 e. The smallest absolute Gasteiger partial charge is 0.663 e. The summed E-state index contributed by atoms with van der Waals surface area (Å²) in [7, 11) is 0. The van der Waals surface area contributed by atoms with Crippen LogP contribution >= 0.6 is 11.3 Å². The third-order valence-corrected chi connectivity index (χ3v) is 10.0. The van der Waals surface area contributed by atoms with Crippen LogP contribution in [-0.4, -0.2) is 4.98 Å². The van der Waals surface area contributed by atoms with Gasteiger partial charge in [-0.2, -0.15) is 29.4 Å². The van der Waals surface area contributed by atoms with E-state index in [1.165, 1.54) is 16.7 Å². The predicted molar refractivity (Wildman–Crippen MR) is 193 cm³/mol. The Balaban J connectivity index is 0.00000386. The molecule has 0 saturated carbocycles. The fourth-order valence-electron chi connectivity index (χ4n) is 6.27. The summed E-state index contributed by atoms with van der Waals surface area (Å²) in [6.45, 7) is 18.1. The zero-order chi connectivity index (χ0) is 32.4. The van der Waals surface area contributed by atoms with Crippen molar-refractivity contribution in [3.63, 3.8) is 0 Å². The van der Waals surface area contributed by atoms with E-state index in [1.54, 1.807) is 17.5 Å². The van der Waals surface area contributed by atoms with Gasteiger partial charge in [-0.15, -0.1) is 45.8 Å². The Morgan fingerprint density at radius 1 is 0.745 bits per heavy atom. The Morgan fingerprint density at radius 2 is 1.40 bits per heavy atom. The first kappa shape index (κ1) is 33.2. The second kappa shape index (κ2) is 12.1. The van der Waals surface area contributed by atoms with Crippen molar-refractivity contribution >= 4 is 32.8 Å². The maximum absolute atomic E-state index is 6.51. The van der Waals surface area contributed by atoms with Gasteiger partial charge >= 0.3 is 22.4 Å². The maximum atomic E-state index is 6.51. The number of pyridine rings is 1. The molecular weight excluding hydrogens is 778 g/mol. The average molecular weight is 817 g/mol. The number of benzene rings is 4. The van der Waals surface area contributed by atoms with Gasteiger partial charge in [-0.3, -0.25) is 0 Å². The number of fused-ring (bicyclic) bond motifs is 3. The fourth-order valence-corrected chi connectivity index (χ4v) is 7.08. The zero-order valence-electron chi connectivity index (χ0n) is 28.2. The van der Waals surface area contributed by atoms with Crippen LogP contribution in [0.5, 0.6) is 11.6 Å². The van der Waals surface area contributed by atoms with Gasteiger partial charge in [-0.05, 0) is 33.7 Å². The van der Waals surface area contributed by atoms with Crippen molar-refractivity contribution in [2.24, 2.45) is 0 Å². The molecule has 0 spiro atoms. The van der Waals surface area contributed by atoms with E-state index in [4.69, 9.17) is 10.1 Å². The second-order valence-corrected chi connectivity index (χ2v) is 15.8. The van der Waals surface area contributed by atoms with Gasteiger partial charge in [0.15, 0.2) is 0 Å². The topological polar surface area (TPSA) is 36.2 Å². The number of hydrogen-bond acceptors (Lipinski definition) is 3. The quantitative estimate of drug-likeness (QED) is 0.131. The molecule has 4 aromatic carbocycles. The van der Waals surface area contributed by atoms with Gasteiger partial charge in [0.2, 0.25) is 5.88 Å². The molecule has 0 saturated heterocycles. The molecule has 2 aromatic heterocycles. The Bertz CT molecular complexity index is 2110. The van der Waals surface area contributed by atoms with Crippen LogP contribution in [0.2, 0.25) is 0 Å². The summed E-state index contributed by atoms with van der Waals surface area (Å²) in [5.74, 6) is 1.26. The molecule has 1 aliphatic rings. The first-order valence-corrected chi connectivity index (χ1v) is 16.8. The third-order valence-electron chi connectivity index (χ3n) is 9.09. The van der Waals surface area contributed by atoms with E-state index in [9.17, 15) is 0 Å². The summed E-state index contributed by atoms with van der Waals surface area (Å²) in [6, 6.07) is 35.5. The molecular formula is C42H39AuN2OS. The van der Waals surface area contributed by atoms with Crippen molar-refractivity contribution in [3.8, 4) is 33.9 Å². The molecule has 240 valence electrons. The van der Waals surface area contributed by atoms with Gasteiger partial charge in [0.05, 0.1) is 4.70 Å². The summed E-state index contributed by atoms with van der Waals surface area (Å²) in [5, 5.41) is 8.45. The molecule has 0 radical (unpaired) electrons. The van der Waals surface area contributed by atoms with E-state index < -0.39 is 0 Å². The number of hydrogen-bond donors (Lipinski definition) is 0. The number of ether oxygens (including phenoxy) is 1. The monoisotopic (exact) mass is 816 g/mol. The van der Waals surface area contributed by atoms with Crippen molar-refractivity contribution < 1.29 is 27.1 Å². The van der Waals surface area contributed by atoms with Gasteiger partial charge in [0, 0.05) is 17.4 Å². The van der Waals surface area contributed by atoms with E-state index in [0.717, 1.165) is 49.3 Å². The Kier molecular flexibility index (Phi) is 8.55. The van der Waals surface area contributed by atoms with Gasteiger partial charge in [-0.1, -0.05) is 121 Å². The van der Waals surface area contributed by atoms with E-state index in [2.05, 4.69) is 151 Å². The summed E-state index contributed by atoms with van der Waals surface area (Å²) in [4.78, 5) is 4.59. The van der Waals surface area contributed by atoms with Gasteiger partial charge in [0.25, 0.3) is 0 Å². The van der Waals surface area contributed by atoms with Crippen molar-refractivity contribution in [1.82, 2.24) is 4.98 Å². The second-order valence-electron chi connectivity index (χ2n) is 14.9. The van der Waals surface area contributed by atoms with Crippen molar-refractivity contribution in [3.05, 3.63) is 130 Å². The molecule has 6 aromatic rings. The Labute approximate surface area is 299 Å². The molecule has 3 nitrogen and oxygen atoms in total. The van der Waals surface area contributed by atoms with Gasteiger partial charge in [0.1, 0.15) is 0 Å². The minimum atomic E-state index is -0.172. The predicted octanol–water partition coefficient (Wildman–Crippen LogP) is 12.6. The van der Waals surface area contributed by atoms with Crippen LogP contribution in [0.4, 0.5) is 11.4 Å². The van der Waals surface area contributed by atoms with Crippen molar-refractivity contribution in [1.29, 1.82) is 0 Å². The van der Waals surface area contributed by atoms with Crippen molar-refractivity contribution in [2.75, 3.05) is 0 Å². The van der Waals surface area contributed by atoms with Crippen LogP contribution < -0.4 is 4.74 Å². The molecule has 7 rings (SSSR count). The summed E-state index contributed by atoms with van der Waals surface area (Å²) in [6.07, 6.45) is 1.80. The Morgan fingerprint density at radius 3 is 2.15 bits per heavy atom. The van der Waals surface area contributed by atoms with E-state index in [1.807, 2.05) is 6.07 Å². The molecule has 0 amide bonds. The number of para-hydroxylation sites is 2. The first-order valence-electron chi connectivity index (χ1n) is 15.9. The number of nitrogens with zero attached hydrogens (tertiary/aromatic N) is 2. The molecule has 47 heavy (non-hydrogen) atoms.